The quantitative estimate of drug-likeness (QED) is 0.837. The van der Waals surface area contributed by atoms with E-state index in [9.17, 15) is 14.4 Å². The van der Waals surface area contributed by atoms with Gasteiger partial charge in [0.1, 0.15) is 0 Å². The van der Waals surface area contributed by atoms with Gasteiger partial charge in [-0.1, -0.05) is 11.8 Å². The van der Waals surface area contributed by atoms with E-state index in [0.29, 0.717) is 17.0 Å². The molecule has 1 amide bonds. The number of hydrogen-bond donors (Lipinski definition) is 1. The van der Waals surface area contributed by atoms with Crippen molar-refractivity contribution in [3.05, 3.63) is 29.8 Å². The molecule has 0 heterocycles. The van der Waals surface area contributed by atoms with Gasteiger partial charge in [-0.25, -0.2) is 4.79 Å². The van der Waals surface area contributed by atoms with Crippen molar-refractivity contribution in [3.63, 3.8) is 0 Å². The summed E-state index contributed by atoms with van der Waals surface area (Å²) in [6, 6.07) is 6.40. The van der Waals surface area contributed by atoms with Crippen LogP contribution in [0.2, 0.25) is 0 Å². The van der Waals surface area contributed by atoms with Crippen molar-refractivity contribution < 1.29 is 19.1 Å². The van der Waals surface area contributed by atoms with Crippen LogP contribution in [0.15, 0.2) is 24.3 Å². The van der Waals surface area contributed by atoms with Crippen molar-refractivity contribution in [1.82, 2.24) is 0 Å². The van der Waals surface area contributed by atoms with Crippen molar-refractivity contribution in [2.24, 2.45) is 0 Å². The number of methoxy groups -OCH3 is 1. The van der Waals surface area contributed by atoms with Gasteiger partial charge in [0.2, 0.25) is 5.91 Å². The van der Waals surface area contributed by atoms with Crippen LogP contribution in [-0.2, 0) is 14.3 Å². The maximum atomic E-state index is 11.5. The normalized spacial score (nSPS) is 9.79. The first-order chi connectivity index (χ1) is 9.02. The van der Waals surface area contributed by atoms with Crippen molar-refractivity contribution in [1.29, 1.82) is 0 Å². The largest absolute Gasteiger partial charge is 0.465 e. The third-order valence-corrected chi connectivity index (χ3v) is 3.04. The highest BCUT2D eigenvalue weighted by Gasteiger charge is 2.06. The minimum absolute atomic E-state index is 0.00442. The number of rotatable bonds is 5. The monoisotopic (exact) mass is 281 g/mol. The first kappa shape index (κ1) is 15.2. The lowest BCUT2D eigenvalue weighted by Crippen LogP contribution is -2.12. The molecule has 0 unspecified atom stereocenters. The summed E-state index contributed by atoms with van der Waals surface area (Å²) < 4.78 is 4.57. The molecule has 1 N–H and O–H groups in total. The maximum Gasteiger partial charge on any atom is 0.337 e. The van der Waals surface area contributed by atoms with Gasteiger partial charge in [0, 0.05) is 24.8 Å². The molecule has 1 aromatic carbocycles. The zero-order chi connectivity index (χ0) is 14.3. The molecule has 0 aromatic heterocycles. The summed E-state index contributed by atoms with van der Waals surface area (Å²) in [5.74, 6) is -0.128. The van der Waals surface area contributed by atoms with Gasteiger partial charge < -0.3 is 10.1 Å². The standard InChI is InChI=1S/C13H15NO4S/c1-9(15)19-8-7-12(16)14-11-5-3-10(4-6-11)13(17)18-2/h3-6H,7-8H2,1-2H3,(H,14,16). The Labute approximate surface area is 115 Å². The lowest BCUT2D eigenvalue weighted by atomic mass is 10.2. The Morgan fingerprint density at radius 1 is 1.21 bits per heavy atom. The van der Waals surface area contributed by atoms with Crippen LogP contribution in [0, 0.1) is 0 Å². The van der Waals surface area contributed by atoms with Crippen LogP contribution in [0.5, 0.6) is 0 Å². The Kier molecular flexibility index (Phi) is 6.08. The van der Waals surface area contributed by atoms with E-state index in [2.05, 4.69) is 10.1 Å². The Balaban J connectivity index is 2.46. The van der Waals surface area contributed by atoms with Crippen LogP contribution >= 0.6 is 11.8 Å². The fourth-order valence-electron chi connectivity index (χ4n) is 1.32. The van der Waals surface area contributed by atoms with Crippen LogP contribution in [0.3, 0.4) is 0 Å². The molecule has 0 bridgehead atoms. The maximum absolute atomic E-state index is 11.5. The van der Waals surface area contributed by atoms with Crippen molar-refractivity contribution in [2.75, 3.05) is 18.2 Å². The van der Waals surface area contributed by atoms with E-state index in [-0.39, 0.29) is 17.4 Å². The molecule has 1 aromatic rings. The minimum Gasteiger partial charge on any atom is -0.465 e. The number of amides is 1. The van der Waals surface area contributed by atoms with Gasteiger partial charge in [-0.3, -0.25) is 9.59 Å². The van der Waals surface area contributed by atoms with E-state index in [0.717, 1.165) is 11.8 Å². The van der Waals surface area contributed by atoms with Gasteiger partial charge in [0.25, 0.3) is 0 Å². The smallest absolute Gasteiger partial charge is 0.337 e. The number of thioether (sulfide) groups is 1. The lowest BCUT2D eigenvalue weighted by molar-refractivity contribution is -0.115. The SMILES string of the molecule is COC(=O)c1ccc(NC(=O)CCSC(C)=O)cc1. The van der Waals surface area contributed by atoms with Gasteiger partial charge in [0.05, 0.1) is 12.7 Å². The fraction of sp³-hybridized carbons (Fsp3) is 0.308. The minimum atomic E-state index is -0.421. The third-order valence-electron chi connectivity index (χ3n) is 2.22. The zero-order valence-corrected chi connectivity index (χ0v) is 11.6. The molecule has 1 rings (SSSR count). The van der Waals surface area contributed by atoms with E-state index in [1.165, 1.54) is 14.0 Å². The Hall–Kier alpha value is -1.82. The molecular weight excluding hydrogens is 266 g/mol. The van der Waals surface area contributed by atoms with Gasteiger partial charge in [-0.2, -0.15) is 0 Å². The van der Waals surface area contributed by atoms with Crippen LogP contribution in [0.4, 0.5) is 5.69 Å². The summed E-state index contributed by atoms with van der Waals surface area (Å²) in [6.07, 6.45) is 0.267. The van der Waals surface area contributed by atoms with Crippen LogP contribution in [0.1, 0.15) is 23.7 Å². The van der Waals surface area contributed by atoms with Crippen molar-refractivity contribution >= 4 is 34.4 Å². The zero-order valence-electron chi connectivity index (χ0n) is 10.8. The van der Waals surface area contributed by atoms with Crippen LogP contribution in [0.25, 0.3) is 0 Å². The number of ether oxygens (including phenoxy) is 1. The molecular formula is C13H15NO4S. The molecule has 0 aliphatic carbocycles. The average molecular weight is 281 g/mol. The molecule has 0 fully saturated rings. The molecule has 0 aliphatic heterocycles. The van der Waals surface area contributed by atoms with E-state index < -0.39 is 5.97 Å². The molecule has 0 saturated carbocycles. The van der Waals surface area contributed by atoms with E-state index in [1.54, 1.807) is 24.3 Å². The van der Waals surface area contributed by atoms with Crippen molar-refractivity contribution in [2.45, 2.75) is 13.3 Å². The molecule has 6 heteroatoms. The van der Waals surface area contributed by atoms with Gasteiger partial charge in [-0.15, -0.1) is 0 Å². The molecule has 0 aliphatic rings. The van der Waals surface area contributed by atoms with Crippen LogP contribution in [-0.4, -0.2) is 29.9 Å². The molecule has 0 radical (unpaired) electrons. The highest BCUT2D eigenvalue weighted by molar-refractivity contribution is 8.13. The average Bonchev–Trinajstić information content (AvgIpc) is 2.38. The topological polar surface area (TPSA) is 72.5 Å². The second-order valence-corrected chi connectivity index (χ2v) is 4.98. The summed E-state index contributed by atoms with van der Waals surface area (Å²) in [7, 11) is 1.31. The number of hydrogen-bond acceptors (Lipinski definition) is 5. The number of esters is 1. The number of benzene rings is 1. The Bertz CT molecular complexity index is 470. The summed E-state index contributed by atoms with van der Waals surface area (Å²) in [5.41, 5.74) is 1.03. The van der Waals surface area contributed by atoms with E-state index in [1.807, 2.05) is 0 Å². The lowest BCUT2D eigenvalue weighted by Gasteiger charge is -2.05. The predicted molar refractivity (Wildman–Crippen MR) is 74.2 cm³/mol. The number of carbonyl (C=O) groups excluding carboxylic acids is 3. The third kappa shape index (κ3) is 5.56. The summed E-state index contributed by atoms with van der Waals surface area (Å²) in [4.78, 5) is 33.5. The van der Waals surface area contributed by atoms with Gasteiger partial charge in [-0.05, 0) is 24.3 Å². The number of carbonyl (C=O) groups is 3. The van der Waals surface area contributed by atoms with Gasteiger partial charge in [0.15, 0.2) is 5.12 Å². The predicted octanol–water partition coefficient (Wildman–Crippen LogP) is 2.08. The van der Waals surface area contributed by atoms with Gasteiger partial charge >= 0.3 is 5.97 Å². The highest BCUT2D eigenvalue weighted by atomic mass is 32.2. The summed E-state index contributed by atoms with van der Waals surface area (Å²) in [5, 5.41) is 2.68. The molecule has 0 spiro atoms. The molecule has 5 nitrogen and oxygen atoms in total. The molecule has 102 valence electrons. The Morgan fingerprint density at radius 2 is 1.84 bits per heavy atom. The van der Waals surface area contributed by atoms with E-state index in [4.69, 9.17) is 0 Å². The van der Waals surface area contributed by atoms with Crippen molar-refractivity contribution in [3.8, 4) is 0 Å². The van der Waals surface area contributed by atoms with Crippen LogP contribution < -0.4 is 5.32 Å². The fourth-order valence-corrected chi connectivity index (χ4v) is 1.89. The first-order valence-corrected chi connectivity index (χ1v) is 6.63. The number of nitrogens with one attached hydrogen (secondary N) is 1. The molecule has 0 atom stereocenters. The molecule has 19 heavy (non-hydrogen) atoms. The number of anilines is 1. The van der Waals surface area contributed by atoms with E-state index >= 15 is 0 Å². The Morgan fingerprint density at radius 3 is 2.37 bits per heavy atom. The molecule has 0 saturated heterocycles. The summed E-state index contributed by atoms with van der Waals surface area (Å²) in [6.45, 7) is 1.47. The second-order valence-electron chi connectivity index (χ2n) is 3.71. The first-order valence-electron chi connectivity index (χ1n) is 5.64. The second kappa shape index (κ2) is 7.58. The summed E-state index contributed by atoms with van der Waals surface area (Å²) >= 11 is 1.12. The highest BCUT2D eigenvalue weighted by Crippen LogP contribution is 2.11.